The van der Waals surface area contributed by atoms with Crippen LogP contribution < -0.4 is 5.32 Å². The van der Waals surface area contributed by atoms with E-state index in [0.29, 0.717) is 24.3 Å². The van der Waals surface area contributed by atoms with Gasteiger partial charge in [-0.15, -0.1) is 0 Å². The quantitative estimate of drug-likeness (QED) is 0.592. The maximum Gasteiger partial charge on any atom is 0.338 e. The fraction of sp³-hybridized carbons (Fsp3) is 0.368. The third kappa shape index (κ3) is 5.74. The molecule has 0 aliphatic carbocycles. The first-order valence-corrected chi connectivity index (χ1v) is 7.94. The van der Waals surface area contributed by atoms with E-state index in [0.717, 1.165) is 17.6 Å². The number of nitrogens with one attached hydrogen (secondary N) is 1. The van der Waals surface area contributed by atoms with Crippen LogP contribution in [0.5, 0.6) is 0 Å². The van der Waals surface area contributed by atoms with Crippen LogP contribution >= 0.6 is 0 Å². The molecule has 1 N–H and O–H groups in total. The van der Waals surface area contributed by atoms with Crippen molar-refractivity contribution in [1.29, 1.82) is 0 Å². The highest BCUT2D eigenvalue weighted by Gasteiger charge is 2.12. The molecule has 0 aromatic heterocycles. The molecule has 124 valence electrons. The Morgan fingerprint density at radius 1 is 1.13 bits per heavy atom. The predicted octanol–water partition coefficient (Wildman–Crippen LogP) is 4.58. The summed E-state index contributed by atoms with van der Waals surface area (Å²) in [6, 6.07) is 5.34. The lowest BCUT2D eigenvalue weighted by atomic mass is 9.99. The van der Waals surface area contributed by atoms with Crippen LogP contribution in [-0.4, -0.2) is 18.5 Å². The van der Waals surface area contributed by atoms with Crippen molar-refractivity contribution in [3.63, 3.8) is 0 Å². The van der Waals surface area contributed by atoms with Crippen molar-refractivity contribution in [1.82, 2.24) is 0 Å². The van der Waals surface area contributed by atoms with E-state index in [1.54, 1.807) is 26.0 Å². The summed E-state index contributed by atoms with van der Waals surface area (Å²) >= 11 is 0. The first-order valence-electron chi connectivity index (χ1n) is 7.94. The summed E-state index contributed by atoms with van der Waals surface area (Å²) < 4.78 is 5.08. The molecule has 23 heavy (non-hydrogen) atoms. The van der Waals surface area contributed by atoms with Gasteiger partial charge in [-0.2, -0.15) is 0 Å². The summed E-state index contributed by atoms with van der Waals surface area (Å²) in [4.78, 5) is 23.7. The third-order valence-electron chi connectivity index (χ3n) is 3.34. The van der Waals surface area contributed by atoms with Crippen LogP contribution in [0.25, 0.3) is 5.57 Å². The number of allylic oxidation sites excluding steroid dienone is 4. The highest BCUT2D eigenvalue weighted by molar-refractivity contribution is 5.96. The summed E-state index contributed by atoms with van der Waals surface area (Å²) in [5, 5.41) is 2.81. The van der Waals surface area contributed by atoms with E-state index in [9.17, 15) is 9.59 Å². The first kappa shape index (κ1) is 18.7. The van der Waals surface area contributed by atoms with Gasteiger partial charge in [0.2, 0.25) is 5.91 Å². The number of hydrogen-bond donors (Lipinski definition) is 1. The number of hydrogen-bond acceptors (Lipinski definition) is 3. The first-order chi connectivity index (χ1) is 11.0. The molecule has 0 aliphatic rings. The van der Waals surface area contributed by atoms with Gasteiger partial charge in [-0.05, 0) is 56.5 Å². The zero-order chi connectivity index (χ0) is 17.2. The van der Waals surface area contributed by atoms with Gasteiger partial charge in [0.15, 0.2) is 0 Å². The molecule has 4 nitrogen and oxygen atoms in total. The largest absolute Gasteiger partial charge is 0.462 e. The van der Waals surface area contributed by atoms with Gasteiger partial charge in [0.05, 0.1) is 12.2 Å². The molecule has 0 saturated carbocycles. The summed E-state index contributed by atoms with van der Waals surface area (Å²) in [6.07, 6.45) is 7.19. The van der Waals surface area contributed by atoms with E-state index < -0.39 is 0 Å². The molecule has 0 radical (unpaired) electrons. The Kier molecular flexibility index (Phi) is 7.81. The zero-order valence-electron chi connectivity index (χ0n) is 14.3. The normalized spacial score (nSPS) is 11.6. The Balaban J connectivity index is 3.26. The molecule has 0 bridgehead atoms. The summed E-state index contributed by atoms with van der Waals surface area (Å²) in [5.41, 5.74) is 3.04. The maximum atomic E-state index is 12.1. The van der Waals surface area contributed by atoms with Crippen LogP contribution in [0.2, 0.25) is 0 Å². The number of esters is 1. The molecule has 0 aliphatic heterocycles. The molecular formula is C19H25NO3. The fourth-order valence-corrected chi connectivity index (χ4v) is 2.11. The van der Waals surface area contributed by atoms with Gasteiger partial charge in [-0.25, -0.2) is 4.79 Å². The van der Waals surface area contributed by atoms with Crippen LogP contribution in [0.4, 0.5) is 5.69 Å². The molecule has 0 fully saturated rings. The number of benzene rings is 1. The second-order valence-corrected chi connectivity index (χ2v) is 5.01. The van der Waals surface area contributed by atoms with Crippen LogP contribution in [0.3, 0.4) is 0 Å². The Bertz CT molecular complexity index is 615. The van der Waals surface area contributed by atoms with Crippen molar-refractivity contribution in [2.24, 2.45) is 0 Å². The molecule has 0 unspecified atom stereocenters. The minimum absolute atomic E-state index is 0.0903. The van der Waals surface area contributed by atoms with Gasteiger partial charge in [0.25, 0.3) is 0 Å². The molecule has 0 spiro atoms. The summed E-state index contributed by atoms with van der Waals surface area (Å²) in [5.74, 6) is -0.477. The molecule has 1 aromatic rings. The van der Waals surface area contributed by atoms with E-state index in [4.69, 9.17) is 4.74 Å². The average Bonchev–Trinajstić information content (AvgIpc) is 2.55. The Hall–Kier alpha value is -2.36. The lowest BCUT2D eigenvalue weighted by Gasteiger charge is -2.12. The third-order valence-corrected chi connectivity index (χ3v) is 3.34. The number of carbonyl (C=O) groups excluding carboxylic acids is 2. The second kappa shape index (κ2) is 9.62. The summed E-state index contributed by atoms with van der Waals surface area (Å²) in [6.45, 7) is 7.80. The number of carbonyl (C=O) groups is 2. The molecular weight excluding hydrogens is 290 g/mol. The minimum Gasteiger partial charge on any atom is -0.462 e. The van der Waals surface area contributed by atoms with Crippen molar-refractivity contribution >= 4 is 23.1 Å². The maximum absolute atomic E-state index is 12.1. The van der Waals surface area contributed by atoms with Crippen molar-refractivity contribution < 1.29 is 14.3 Å². The van der Waals surface area contributed by atoms with Gasteiger partial charge in [0.1, 0.15) is 0 Å². The van der Waals surface area contributed by atoms with Gasteiger partial charge >= 0.3 is 5.97 Å². The SMILES string of the molecule is C/C=C\C/C(=C\C)c1cc(NC(=O)CC)cc(C(=O)OCC)c1. The molecule has 1 amide bonds. The Morgan fingerprint density at radius 2 is 1.83 bits per heavy atom. The van der Waals surface area contributed by atoms with Crippen LogP contribution in [0, 0.1) is 0 Å². The van der Waals surface area contributed by atoms with Crippen molar-refractivity contribution in [2.75, 3.05) is 11.9 Å². The second-order valence-electron chi connectivity index (χ2n) is 5.01. The van der Waals surface area contributed by atoms with Crippen LogP contribution in [-0.2, 0) is 9.53 Å². The average molecular weight is 315 g/mol. The van der Waals surface area contributed by atoms with Gasteiger partial charge in [-0.3, -0.25) is 4.79 Å². The van der Waals surface area contributed by atoms with Crippen molar-refractivity contribution in [3.05, 3.63) is 47.6 Å². The lowest BCUT2D eigenvalue weighted by molar-refractivity contribution is -0.115. The topological polar surface area (TPSA) is 55.4 Å². The lowest BCUT2D eigenvalue weighted by Crippen LogP contribution is -2.11. The standard InChI is InChI=1S/C19H25NO3/c1-5-9-10-14(6-2)15-11-16(19(22)23-8-4)13-17(12-15)20-18(21)7-3/h5-6,9,11-13H,7-8,10H2,1-4H3,(H,20,21)/b9-5-,14-6+. The number of rotatable bonds is 7. The van der Waals surface area contributed by atoms with Gasteiger partial charge < -0.3 is 10.1 Å². The van der Waals surface area contributed by atoms with E-state index in [2.05, 4.69) is 11.4 Å². The molecule has 1 aromatic carbocycles. The molecule has 0 saturated heterocycles. The van der Waals surface area contributed by atoms with E-state index in [-0.39, 0.29) is 11.9 Å². The van der Waals surface area contributed by atoms with Gasteiger partial charge in [-0.1, -0.05) is 25.2 Å². The predicted molar refractivity (Wildman–Crippen MR) is 94.4 cm³/mol. The number of anilines is 1. The van der Waals surface area contributed by atoms with Crippen molar-refractivity contribution in [3.8, 4) is 0 Å². The number of ether oxygens (including phenoxy) is 1. The summed E-state index contributed by atoms with van der Waals surface area (Å²) in [7, 11) is 0. The van der Waals surface area contributed by atoms with E-state index >= 15 is 0 Å². The zero-order valence-corrected chi connectivity index (χ0v) is 14.3. The molecule has 0 heterocycles. The fourth-order valence-electron chi connectivity index (χ4n) is 2.11. The highest BCUT2D eigenvalue weighted by atomic mass is 16.5. The molecule has 1 rings (SSSR count). The highest BCUT2D eigenvalue weighted by Crippen LogP contribution is 2.25. The van der Waals surface area contributed by atoms with E-state index in [1.807, 2.05) is 32.1 Å². The molecule has 4 heteroatoms. The monoisotopic (exact) mass is 315 g/mol. The Labute approximate surface area is 138 Å². The van der Waals surface area contributed by atoms with Crippen LogP contribution in [0.1, 0.15) is 56.5 Å². The van der Waals surface area contributed by atoms with Crippen molar-refractivity contribution in [2.45, 2.75) is 40.5 Å². The Morgan fingerprint density at radius 3 is 2.39 bits per heavy atom. The van der Waals surface area contributed by atoms with Gasteiger partial charge in [0, 0.05) is 12.1 Å². The minimum atomic E-state index is -0.386. The van der Waals surface area contributed by atoms with Crippen LogP contribution in [0.15, 0.2) is 36.4 Å². The smallest absolute Gasteiger partial charge is 0.338 e. The number of amides is 1. The molecule has 0 atom stereocenters. The van der Waals surface area contributed by atoms with E-state index in [1.165, 1.54) is 0 Å².